The number of carbonyl (C=O) groups excluding carboxylic acids is 1. The zero-order valence-electron chi connectivity index (χ0n) is 16.4. The molecule has 0 atom stereocenters. The predicted octanol–water partition coefficient (Wildman–Crippen LogP) is 3.34. The Morgan fingerprint density at radius 3 is 2.64 bits per heavy atom. The zero-order valence-corrected chi connectivity index (χ0v) is 16.4. The summed E-state index contributed by atoms with van der Waals surface area (Å²) in [6, 6.07) is 8.44. The van der Waals surface area contributed by atoms with Gasteiger partial charge in [0.25, 0.3) is 0 Å². The van der Waals surface area contributed by atoms with Gasteiger partial charge in [-0.2, -0.15) is 0 Å². The van der Waals surface area contributed by atoms with Gasteiger partial charge in [-0.25, -0.2) is 9.59 Å². The molecule has 6 heteroatoms. The second-order valence-electron chi connectivity index (χ2n) is 8.18. The minimum absolute atomic E-state index is 0.0486. The Hall–Kier alpha value is -2.78. The summed E-state index contributed by atoms with van der Waals surface area (Å²) in [7, 11) is 0. The van der Waals surface area contributed by atoms with Crippen molar-refractivity contribution in [3.8, 4) is 11.8 Å². The number of alkyl carbamates (subject to hydrolysis) is 1. The van der Waals surface area contributed by atoms with Crippen LogP contribution in [-0.4, -0.2) is 28.4 Å². The van der Waals surface area contributed by atoms with Crippen LogP contribution in [0.25, 0.3) is 11.0 Å². The first-order valence-corrected chi connectivity index (χ1v) is 9.42. The third-order valence-corrected chi connectivity index (χ3v) is 4.61. The highest BCUT2D eigenvalue weighted by Crippen LogP contribution is 2.28. The average molecular weight is 383 g/mol. The van der Waals surface area contributed by atoms with Gasteiger partial charge in [-0.1, -0.05) is 24.0 Å². The van der Waals surface area contributed by atoms with Gasteiger partial charge in [0, 0.05) is 17.5 Å². The maximum absolute atomic E-state index is 11.9. The fourth-order valence-corrected chi connectivity index (χ4v) is 3.21. The second kappa shape index (κ2) is 7.69. The summed E-state index contributed by atoms with van der Waals surface area (Å²) in [6.07, 6.45) is 1.65. The molecule has 1 heterocycles. The topological polar surface area (TPSA) is 88.8 Å². The summed E-state index contributed by atoms with van der Waals surface area (Å²) in [5, 5.41) is 14.4. The van der Waals surface area contributed by atoms with Crippen molar-refractivity contribution in [2.45, 2.75) is 63.7 Å². The lowest BCUT2D eigenvalue weighted by Crippen LogP contribution is -2.44. The zero-order chi connectivity index (χ0) is 20.4. The van der Waals surface area contributed by atoms with Crippen molar-refractivity contribution in [2.24, 2.45) is 0 Å². The third kappa shape index (κ3) is 5.14. The molecule has 1 amide bonds. The molecular weight excluding hydrogens is 358 g/mol. The third-order valence-electron chi connectivity index (χ3n) is 4.61. The lowest BCUT2D eigenvalue weighted by atomic mass is 9.82. The lowest BCUT2D eigenvalue weighted by Gasteiger charge is -2.33. The maximum Gasteiger partial charge on any atom is 0.407 e. The Morgan fingerprint density at radius 2 is 1.96 bits per heavy atom. The van der Waals surface area contributed by atoms with E-state index in [2.05, 4.69) is 17.2 Å². The van der Waals surface area contributed by atoms with Gasteiger partial charge >= 0.3 is 11.7 Å². The van der Waals surface area contributed by atoms with Gasteiger partial charge in [-0.3, -0.25) is 0 Å². The Balaban J connectivity index is 1.67. The number of fused-ring (bicyclic) bond motifs is 1. The molecule has 6 nitrogen and oxygen atoms in total. The molecule has 1 aromatic heterocycles. The molecule has 0 saturated heterocycles. The van der Waals surface area contributed by atoms with Gasteiger partial charge in [0.1, 0.15) is 11.2 Å². The SMILES string of the molecule is CC(C)(C)OC(=O)NC1CCC(O)(C#Cc2cccc3ccc(=O)oc23)CC1. The van der Waals surface area contributed by atoms with Gasteiger partial charge < -0.3 is 19.6 Å². The van der Waals surface area contributed by atoms with Crippen LogP contribution in [0.15, 0.2) is 39.5 Å². The number of rotatable bonds is 1. The first kappa shape index (κ1) is 20.0. The van der Waals surface area contributed by atoms with E-state index in [9.17, 15) is 14.7 Å². The van der Waals surface area contributed by atoms with Crippen LogP contribution in [-0.2, 0) is 4.74 Å². The Labute approximate surface area is 163 Å². The minimum Gasteiger partial charge on any atom is -0.444 e. The number of aliphatic hydroxyl groups is 1. The molecular formula is C22H25NO5. The molecule has 1 fully saturated rings. The van der Waals surface area contributed by atoms with E-state index < -0.39 is 22.9 Å². The number of amides is 1. The smallest absolute Gasteiger partial charge is 0.407 e. The fourth-order valence-electron chi connectivity index (χ4n) is 3.21. The molecule has 0 spiro atoms. The number of hydrogen-bond acceptors (Lipinski definition) is 5. The molecule has 1 aliphatic rings. The second-order valence-corrected chi connectivity index (χ2v) is 8.18. The summed E-state index contributed by atoms with van der Waals surface area (Å²) in [5.74, 6) is 5.90. The fraction of sp³-hybridized carbons (Fsp3) is 0.455. The van der Waals surface area contributed by atoms with Crippen molar-refractivity contribution in [2.75, 3.05) is 0 Å². The largest absolute Gasteiger partial charge is 0.444 e. The average Bonchev–Trinajstić information content (AvgIpc) is 2.61. The van der Waals surface area contributed by atoms with Crippen LogP contribution in [0.1, 0.15) is 52.0 Å². The maximum atomic E-state index is 11.9. The van der Waals surface area contributed by atoms with E-state index in [0.717, 1.165) is 5.39 Å². The van der Waals surface area contributed by atoms with E-state index in [1.54, 1.807) is 12.1 Å². The summed E-state index contributed by atoms with van der Waals surface area (Å²) in [5.41, 5.74) is -1.12. The quantitative estimate of drug-likeness (QED) is 0.582. The van der Waals surface area contributed by atoms with Gasteiger partial charge in [0.05, 0.1) is 5.56 Å². The molecule has 0 aliphatic heterocycles. The summed E-state index contributed by atoms with van der Waals surface area (Å²) in [6.45, 7) is 5.45. The van der Waals surface area contributed by atoms with E-state index in [1.807, 2.05) is 32.9 Å². The Kier molecular flexibility index (Phi) is 5.48. The molecule has 0 unspecified atom stereocenters. The summed E-state index contributed by atoms with van der Waals surface area (Å²) >= 11 is 0. The molecule has 0 radical (unpaired) electrons. The van der Waals surface area contributed by atoms with Crippen LogP contribution < -0.4 is 10.9 Å². The van der Waals surface area contributed by atoms with Crippen molar-refractivity contribution in [3.63, 3.8) is 0 Å². The van der Waals surface area contributed by atoms with Gasteiger partial charge in [-0.15, -0.1) is 0 Å². The van der Waals surface area contributed by atoms with E-state index in [-0.39, 0.29) is 6.04 Å². The predicted molar refractivity (Wildman–Crippen MR) is 106 cm³/mol. The number of para-hydroxylation sites is 1. The van der Waals surface area contributed by atoms with E-state index in [4.69, 9.17) is 9.15 Å². The van der Waals surface area contributed by atoms with Crippen molar-refractivity contribution in [3.05, 3.63) is 46.3 Å². The highest BCUT2D eigenvalue weighted by molar-refractivity contribution is 5.82. The summed E-state index contributed by atoms with van der Waals surface area (Å²) in [4.78, 5) is 23.4. The van der Waals surface area contributed by atoms with Crippen molar-refractivity contribution >= 4 is 17.1 Å². The molecule has 1 aromatic carbocycles. The van der Waals surface area contributed by atoms with Crippen LogP contribution in [0.3, 0.4) is 0 Å². The first-order chi connectivity index (χ1) is 13.1. The Bertz CT molecular complexity index is 982. The van der Waals surface area contributed by atoms with Crippen LogP contribution >= 0.6 is 0 Å². The number of nitrogens with one attached hydrogen (secondary N) is 1. The molecule has 2 aromatic rings. The Morgan fingerprint density at radius 1 is 1.25 bits per heavy atom. The molecule has 0 bridgehead atoms. The van der Waals surface area contributed by atoms with Crippen LogP contribution in [0, 0.1) is 11.8 Å². The molecule has 1 aliphatic carbocycles. The van der Waals surface area contributed by atoms with Crippen molar-refractivity contribution in [1.29, 1.82) is 0 Å². The highest BCUT2D eigenvalue weighted by Gasteiger charge is 2.33. The lowest BCUT2D eigenvalue weighted by molar-refractivity contribution is 0.0343. The monoisotopic (exact) mass is 383 g/mol. The van der Waals surface area contributed by atoms with Crippen molar-refractivity contribution in [1.82, 2.24) is 5.32 Å². The standard InChI is InChI=1S/C22H25NO5/c1-21(2,3)28-20(25)23-17-10-13-22(26,14-11-17)12-9-16-6-4-5-15-7-8-18(24)27-19(15)16/h4-8,17,26H,10-11,13-14H2,1-3H3,(H,23,25). The van der Waals surface area contributed by atoms with Gasteiger partial charge in [0.2, 0.25) is 0 Å². The van der Waals surface area contributed by atoms with Crippen LogP contribution in [0.5, 0.6) is 0 Å². The van der Waals surface area contributed by atoms with E-state index in [1.165, 1.54) is 6.07 Å². The number of ether oxygens (including phenoxy) is 1. The van der Waals surface area contributed by atoms with Gasteiger partial charge in [-0.05, 0) is 58.6 Å². The van der Waals surface area contributed by atoms with Crippen molar-refractivity contribution < 1.29 is 19.1 Å². The molecule has 148 valence electrons. The molecule has 28 heavy (non-hydrogen) atoms. The molecule has 3 rings (SSSR count). The van der Waals surface area contributed by atoms with Gasteiger partial charge in [0.15, 0.2) is 5.58 Å². The minimum atomic E-state index is -1.14. The molecule has 2 N–H and O–H groups in total. The first-order valence-electron chi connectivity index (χ1n) is 9.42. The number of carbonyl (C=O) groups is 1. The highest BCUT2D eigenvalue weighted by atomic mass is 16.6. The van der Waals surface area contributed by atoms with E-state index in [0.29, 0.717) is 36.8 Å². The normalized spacial score (nSPS) is 22.2. The molecule has 1 saturated carbocycles. The summed E-state index contributed by atoms with van der Waals surface area (Å²) < 4.78 is 10.5. The number of benzene rings is 1. The van der Waals surface area contributed by atoms with Crippen LogP contribution in [0.2, 0.25) is 0 Å². The van der Waals surface area contributed by atoms with E-state index >= 15 is 0 Å². The van der Waals surface area contributed by atoms with Crippen LogP contribution in [0.4, 0.5) is 4.79 Å². The number of hydrogen-bond donors (Lipinski definition) is 2.